The lowest BCUT2D eigenvalue weighted by Crippen LogP contribution is -2.32. The highest BCUT2D eigenvalue weighted by Crippen LogP contribution is 2.24. The van der Waals surface area contributed by atoms with Gasteiger partial charge in [0, 0.05) is 23.1 Å². The molecule has 114 valence electrons. The second kappa shape index (κ2) is 9.29. The summed E-state index contributed by atoms with van der Waals surface area (Å²) in [5.74, 6) is 0.807. The zero-order valence-electron chi connectivity index (χ0n) is 11.7. The molecule has 0 amide bonds. The molecule has 5 heteroatoms. The molecule has 0 radical (unpaired) electrons. The highest BCUT2D eigenvalue weighted by molar-refractivity contribution is 7.99. The van der Waals surface area contributed by atoms with Gasteiger partial charge in [0.1, 0.15) is 0 Å². The maximum atomic E-state index is 12.2. The number of benzene rings is 1. The van der Waals surface area contributed by atoms with Gasteiger partial charge in [-0.25, -0.2) is 0 Å². The van der Waals surface area contributed by atoms with Crippen molar-refractivity contribution in [1.82, 2.24) is 5.32 Å². The van der Waals surface area contributed by atoms with Crippen molar-refractivity contribution >= 4 is 11.8 Å². The number of hydrogen-bond acceptors (Lipinski definition) is 2. The van der Waals surface area contributed by atoms with Crippen LogP contribution in [0.5, 0.6) is 0 Å². The van der Waals surface area contributed by atoms with Gasteiger partial charge in [-0.3, -0.25) is 0 Å². The van der Waals surface area contributed by atoms with Gasteiger partial charge in [0.2, 0.25) is 0 Å². The van der Waals surface area contributed by atoms with Gasteiger partial charge >= 0.3 is 6.18 Å². The van der Waals surface area contributed by atoms with Crippen molar-refractivity contribution in [3.63, 3.8) is 0 Å². The Morgan fingerprint density at radius 2 is 1.90 bits per heavy atom. The van der Waals surface area contributed by atoms with E-state index in [0.717, 1.165) is 23.6 Å². The lowest BCUT2D eigenvalue weighted by molar-refractivity contribution is -0.135. The van der Waals surface area contributed by atoms with E-state index in [2.05, 4.69) is 12.2 Å². The minimum atomic E-state index is -4.04. The van der Waals surface area contributed by atoms with E-state index >= 15 is 0 Å². The van der Waals surface area contributed by atoms with Crippen LogP contribution in [0.4, 0.5) is 13.2 Å². The van der Waals surface area contributed by atoms with Crippen LogP contribution in [-0.4, -0.2) is 24.5 Å². The fourth-order valence-corrected chi connectivity index (χ4v) is 2.88. The fourth-order valence-electron chi connectivity index (χ4n) is 1.86. The SMILES string of the molecule is CCCNC(CCCC(F)(F)F)CSc1ccccc1. The predicted molar refractivity (Wildman–Crippen MR) is 79.2 cm³/mol. The first kappa shape index (κ1) is 17.4. The predicted octanol–water partition coefficient (Wildman–Crippen LogP) is 4.88. The summed E-state index contributed by atoms with van der Waals surface area (Å²) in [5, 5.41) is 3.34. The van der Waals surface area contributed by atoms with Crippen LogP contribution in [0.1, 0.15) is 32.6 Å². The molecule has 1 nitrogen and oxygen atoms in total. The Bertz CT molecular complexity index is 354. The first-order chi connectivity index (χ1) is 9.51. The molecule has 0 bridgehead atoms. The van der Waals surface area contributed by atoms with Gasteiger partial charge in [-0.2, -0.15) is 13.2 Å². The molecule has 0 saturated heterocycles. The van der Waals surface area contributed by atoms with E-state index in [1.54, 1.807) is 11.8 Å². The van der Waals surface area contributed by atoms with Gasteiger partial charge in [-0.15, -0.1) is 11.8 Å². The van der Waals surface area contributed by atoms with E-state index in [9.17, 15) is 13.2 Å². The summed E-state index contributed by atoms with van der Waals surface area (Å²) in [7, 11) is 0. The highest BCUT2D eigenvalue weighted by atomic mass is 32.2. The molecule has 20 heavy (non-hydrogen) atoms. The molecule has 0 aliphatic carbocycles. The van der Waals surface area contributed by atoms with Gasteiger partial charge in [0.25, 0.3) is 0 Å². The van der Waals surface area contributed by atoms with Crippen LogP contribution in [0.2, 0.25) is 0 Å². The van der Waals surface area contributed by atoms with Crippen molar-refractivity contribution in [2.45, 2.75) is 49.7 Å². The second-order valence-electron chi connectivity index (χ2n) is 4.78. The van der Waals surface area contributed by atoms with E-state index in [4.69, 9.17) is 0 Å². The lowest BCUT2D eigenvalue weighted by Gasteiger charge is -2.18. The third kappa shape index (κ3) is 8.48. The summed E-state index contributed by atoms with van der Waals surface area (Å²) in [6, 6.07) is 10.1. The van der Waals surface area contributed by atoms with Crippen LogP contribution in [0.25, 0.3) is 0 Å². The summed E-state index contributed by atoms with van der Waals surface area (Å²) in [5.41, 5.74) is 0. The smallest absolute Gasteiger partial charge is 0.313 e. The molecule has 0 aliphatic rings. The summed E-state index contributed by atoms with van der Waals surface area (Å²) in [6.45, 7) is 2.91. The molecule has 0 heterocycles. The third-order valence-corrected chi connectivity index (χ3v) is 4.06. The topological polar surface area (TPSA) is 12.0 Å². The summed E-state index contributed by atoms with van der Waals surface area (Å²) >= 11 is 1.69. The van der Waals surface area contributed by atoms with E-state index < -0.39 is 12.6 Å². The Balaban J connectivity index is 2.35. The maximum Gasteiger partial charge on any atom is 0.389 e. The average molecular weight is 305 g/mol. The Morgan fingerprint density at radius 3 is 2.50 bits per heavy atom. The van der Waals surface area contributed by atoms with E-state index in [-0.39, 0.29) is 12.5 Å². The van der Waals surface area contributed by atoms with E-state index in [1.165, 1.54) is 0 Å². The highest BCUT2D eigenvalue weighted by Gasteiger charge is 2.26. The molecule has 1 atom stereocenters. The molecule has 1 aromatic rings. The van der Waals surface area contributed by atoms with Crippen LogP contribution in [0.3, 0.4) is 0 Å². The largest absolute Gasteiger partial charge is 0.389 e. The van der Waals surface area contributed by atoms with Gasteiger partial charge < -0.3 is 5.32 Å². The Morgan fingerprint density at radius 1 is 1.20 bits per heavy atom. The van der Waals surface area contributed by atoms with Crippen molar-refractivity contribution in [2.24, 2.45) is 0 Å². The van der Waals surface area contributed by atoms with Gasteiger partial charge in [-0.1, -0.05) is 25.1 Å². The quantitative estimate of drug-likeness (QED) is 0.653. The molecule has 0 spiro atoms. The van der Waals surface area contributed by atoms with Gasteiger partial charge in [0.15, 0.2) is 0 Å². The number of hydrogen-bond donors (Lipinski definition) is 1. The molecule has 0 aliphatic heterocycles. The average Bonchev–Trinajstić information content (AvgIpc) is 2.41. The number of thioether (sulfide) groups is 1. The van der Waals surface area contributed by atoms with Crippen molar-refractivity contribution in [3.8, 4) is 0 Å². The van der Waals surface area contributed by atoms with Crippen LogP contribution in [0, 0.1) is 0 Å². The van der Waals surface area contributed by atoms with Crippen molar-refractivity contribution in [3.05, 3.63) is 30.3 Å². The molecule has 0 fully saturated rings. The standard InChI is InChI=1S/C15H22F3NS/c1-2-11-19-13(7-6-10-15(16,17)18)12-20-14-8-4-3-5-9-14/h3-5,8-9,13,19H,2,6-7,10-12H2,1H3. The normalized spacial score (nSPS) is 13.4. The molecule has 1 N–H and O–H groups in total. The molecule has 1 rings (SSSR count). The van der Waals surface area contributed by atoms with Crippen LogP contribution >= 0.6 is 11.8 Å². The van der Waals surface area contributed by atoms with Crippen LogP contribution < -0.4 is 5.32 Å². The summed E-state index contributed by atoms with van der Waals surface area (Å²) < 4.78 is 36.5. The zero-order chi connectivity index (χ0) is 14.8. The maximum absolute atomic E-state index is 12.2. The van der Waals surface area contributed by atoms with Gasteiger partial charge in [0.05, 0.1) is 0 Å². The molecule has 0 saturated carbocycles. The fraction of sp³-hybridized carbons (Fsp3) is 0.600. The molecule has 1 aromatic carbocycles. The first-order valence-electron chi connectivity index (χ1n) is 6.99. The van der Waals surface area contributed by atoms with Crippen LogP contribution in [0.15, 0.2) is 35.2 Å². The molecular weight excluding hydrogens is 283 g/mol. The van der Waals surface area contributed by atoms with Crippen molar-refractivity contribution < 1.29 is 13.2 Å². The second-order valence-corrected chi connectivity index (χ2v) is 5.88. The lowest BCUT2D eigenvalue weighted by atomic mass is 10.1. The molecule has 1 unspecified atom stereocenters. The third-order valence-electron chi connectivity index (χ3n) is 2.89. The minimum absolute atomic E-state index is 0.141. The Hall–Kier alpha value is -0.680. The summed E-state index contributed by atoms with van der Waals surface area (Å²) in [6.07, 6.45) is -2.97. The number of nitrogens with one attached hydrogen (secondary N) is 1. The number of rotatable bonds is 9. The molecule has 0 aromatic heterocycles. The summed E-state index contributed by atoms with van der Waals surface area (Å²) in [4.78, 5) is 1.16. The molecular formula is C15H22F3NS. The van der Waals surface area contributed by atoms with Crippen molar-refractivity contribution in [1.29, 1.82) is 0 Å². The van der Waals surface area contributed by atoms with E-state index in [1.807, 2.05) is 30.3 Å². The number of alkyl halides is 3. The van der Waals surface area contributed by atoms with E-state index in [0.29, 0.717) is 6.42 Å². The monoisotopic (exact) mass is 305 g/mol. The Kier molecular flexibility index (Phi) is 8.07. The minimum Gasteiger partial charge on any atom is -0.313 e. The number of halogens is 3. The zero-order valence-corrected chi connectivity index (χ0v) is 12.6. The first-order valence-corrected chi connectivity index (χ1v) is 7.98. The van der Waals surface area contributed by atoms with Crippen molar-refractivity contribution in [2.75, 3.05) is 12.3 Å². The Labute approximate surface area is 123 Å². The van der Waals surface area contributed by atoms with Crippen LogP contribution in [-0.2, 0) is 0 Å². The van der Waals surface area contributed by atoms with Gasteiger partial charge in [-0.05, 0) is 37.9 Å².